The Labute approximate surface area is 142 Å². The van der Waals surface area contributed by atoms with Crippen LogP contribution in [0, 0.1) is 0 Å². The van der Waals surface area contributed by atoms with Crippen molar-refractivity contribution in [2.45, 2.75) is 38.7 Å². The Morgan fingerprint density at radius 2 is 2.00 bits per heavy atom. The number of benzene rings is 1. The Morgan fingerprint density at radius 1 is 1.29 bits per heavy atom. The first-order chi connectivity index (χ1) is 11.4. The summed E-state index contributed by atoms with van der Waals surface area (Å²) < 4.78 is 0. The predicted molar refractivity (Wildman–Crippen MR) is 96.0 cm³/mol. The summed E-state index contributed by atoms with van der Waals surface area (Å²) >= 11 is 0. The number of aliphatic hydroxyl groups excluding tert-OH is 1. The van der Waals surface area contributed by atoms with Crippen LogP contribution in [0.15, 0.2) is 47.6 Å². The van der Waals surface area contributed by atoms with Crippen LogP contribution in [-0.4, -0.2) is 28.8 Å². The summed E-state index contributed by atoms with van der Waals surface area (Å²) in [7, 11) is 0. The summed E-state index contributed by atoms with van der Waals surface area (Å²) in [6, 6.07) is 11.4. The van der Waals surface area contributed by atoms with Crippen molar-refractivity contribution < 1.29 is 9.94 Å². The van der Waals surface area contributed by atoms with Crippen molar-refractivity contribution in [1.29, 1.82) is 0 Å². The summed E-state index contributed by atoms with van der Waals surface area (Å²) in [5.41, 5.74) is 11.2. The number of para-hydroxylation sites is 1. The molecule has 24 heavy (non-hydrogen) atoms. The molecule has 1 heterocycles. The quantitative estimate of drug-likeness (QED) is 0.371. The highest BCUT2D eigenvalue weighted by Crippen LogP contribution is 2.25. The molecule has 0 radical (unpaired) electrons. The number of aromatic amines is 1. The van der Waals surface area contributed by atoms with Gasteiger partial charge in [-0.1, -0.05) is 39.0 Å². The average molecular weight is 330 g/mol. The molecule has 0 aliphatic heterocycles. The van der Waals surface area contributed by atoms with E-state index in [0.717, 1.165) is 11.4 Å². The van der Waals surface area contributed by atoms with Gasteiger partial charge in [0.25, 0.3) is 0 Å². The van der Waals surface area contributed by atoms with Crippen molar-refractivity contribution >= 4 is 11.6 Å². The third-order valence-electron chi connectivity index (χ3n) is 3.54. The lowest BCUT2D eigenvalue weighted by molar-refractivity contribution is 0.00705. The highest BCUT2D eigenvalue weighted by Gasteiger charge is 2.20. The molecule has 2 aromatic rings. The zero-order valence-electron chi connectivity index (χ0n) is 14.4. The number of hydroxylamine groups is 1. The Kier molecular flexibility index (Phi) is 6.00. The molecule has 2 rings (SSSR count). The van der Waals surface area contributed by atoms with E-state index in [1.54, 1.807) is 0 Å². The molecule has 6 nitrogen and oxygen atoms in total. The Bertz CT molecular complexity index is 659. The van der Waals surface area contributed by atoms with Crippen LogP contribution >= 0.6 is 0 Å². The Balaban J connectivity index is 1.81. The molecule has 1 atom stereocenters. The number of rotatable bonds is 6. The minimum atomic E-state index is -0.651. The maximum Gasteiger partial charge on any atom is 0.218 e. The third-order valence-corrected chi connectivity index (χ3v) is 3.54. The van der Waals surface area contributed by atoms with Crippen LogP contribution in [0.4, 0.5) is 5.69 Å². The SMILES string of the molecule is CC(C)(C)c1cc[nH]c1CC(O)CONC(N)=Nc1ccccc1. The van der Waals surface area contributed by atoms with Gasteiger partial charge in [0.05, 0.1) is 11.8 Å². The molecule has 0 fully saturated rings. The second-order valence-corrected chi connectivity index (χ2v) is 6.72. The fourth-order valence-electron chi connectivity index (χ4n) is 2.45. The van der Waals surface area contributed by atoms with E-state index < -0.39 is 6.10 Å². The van der Waals surface area contributed by atoms with Crippen molar-refractivity contribution in [2.75, 3.05) is 6.61 Å². The van der Waals surface area contributed by atoms with E-state index in [0.29, 0.717) is 6.42 Å². The number of hydrogen-bond acceptors (Lipinski definition) is 3. The van der Waals surface area contributed by atoms with Gasteiger partial charge in [0.15, 0.2) is 0 Å². The molecule has 1 aromatic heterocycles. The van der Waals surface area contributed by atoms with Crippen molar-refractivity contribution in [3.8, 4) is 0 Å². The molecule has 0 amide bonds. The van der Waals surface area contributed by atoms with Crippen LogP contribution in [0.5, 0.6) is 0 Å². The van der Waals surface area contributed by atoms with Gasteiger partial charge in [-0.15, -0.1) is 0 Å². The lowest BCUT2D eigenvalue weighted by Gasteiger charge is -2.20. The fourth-order valence-corrected chi connectivity index (χ4v) is 2.45. The second-order valence-electron chi connectivity index (χ2n) is 6.72. The fraction of sp³-hybridized carbons (Fsp3) is 0.389. The van der Waals surface area contributed by atoms with Gasteiger partial charge in [0, 0.05) is 18.3 Å². The number of H-pyrrole nitrogens is 1. The Hall–Kier alpha value is -2.31. The molecule has 0 spiro atoms. The van der Waals surface area contributed by atoms with E-state index in [9.17, 15) is 5.11 Å². The molecule has 0 saturated carbocycles. The van der Waals surface area contributed by atoms with Gasteiger partial charge < -0.3 is 15.8 Å². The minimum absolute atomic E-state index is 0.0287. The number of hydrogen-bond donors (Lipinski definition) is 4. The van der Waals surface area contributed by atoms with Crippen LogP contribution in [0.3, 0.4) is 0 Å². The van der Waals surface area contributed by atoms with E-state index >= 15 is 0 Å². The zero-order valence-corrected chi connectivity index (χ0v) is 14.4. The molecule has 1 unspecified atom stereocenters. The van der Waals surface area contributed by atoms with Crippen LogP contribution in [-0.2, 0) is 16.7 Å². The number of nitrogens with two attached hydrogens (primary N) is 1. The van der Waals surface area contributed by atoms with Gasteiger partial charge in [-0.05, 0) is 29.2 Å². The number of aliphatic hydroxyl groups is 1. The molecule has 0 aliphatic carbocycles. The van der Waals surface area contributed by atoms with Crippen LogP contribution in [0.1, 0.15) is 32.0 Å². The minimum Gasteiger partial charge on any atom is -0.390 e. The highest BCUT2D eigenvalue weighted by atomic mass is 16.7. The predicted octanol–water partition coefficient (Wildman–Crippen LogP) is 2.38. The molecule has 1 aromatic carbocycles. The topological polar surface area (TPSA) is 95.7 Å². The highest BCUT2D eigenvalue weighted by molar-refractivity contribution is 5.79. The lowest BCUT2D eigenvalue weighted by Crippen LogP contribution is -2.34. The van der Waals surface area contributed by atoms with E-state index in [-0.39, 0.29) is 18.0 Å². The van der Waals surface area contributed by atoms with E-state index in [1.807, 2.05) is 42.6 Å². The molecule has 0 bridgehead atoms. The summed E-state index contributed by atoms with van der Waals surface area (Å²) in [5, 5.41) is 10.1. The van der Waals surface area contributed by atoms with Gasteiger partial charge in [0.1, 0.15) is 6.61 Å². The maximum atomic E-state index is 10.1. The zero-order chi connectivity index (χ0) is 17.6. The first kappa shape index (κ1) is 18.0. The normalized spacial score (nSPS) is 13.8. The standard InChI is InChI=1S/C18H26N4O2/c1-18(2,3)15-9-10-20-16(15)11-14(23)12-24-22-17(19)21-13-7-5-4-6-8-13/h4-10,14,20,23H,11-12H2,1-3H3,(H3,19,21,22). The van der Waals surface area contributed by atoms with Gasteiger partial charge >= 0.3 is 0 Å². The first-order valence-electron chi connectivity index (χ1n) is 7.98. The summed E-state index contributed by atoms with van der Waals surface area (Å²) in [4.78, 5) is 12.6. The monoisotopic (exact) mass is 330 g/mol. The number of nitrogens with zero attached hydrogens (tertiary/aromatic N) is 1. The van der Waals surface area contributed by atoms with Crippen LogP contribution in [0.25, 0.3) is 0 Å². The molecule has 5 N–H and O–H groups in total. The Morgan fingerprint density at radius 3 is 2.67 bits per heavy atom. The molecule has 0 saturated heterocycles. The van der Waals surface area contributed by atoms with E-state index in [1.165, 1.54) is 5.56 Å². The van der Waals surface area contributed by atoms with Gasteiger partial charge in [-0.3, -0.25) is 4.84 Å². The molecular weight excluding hydrogens is 304 g/mol. The van der Waals surface area contributed by atoms with Crippen LogP contribution in [0.2, 0.25) is 0 Å². The molecule has 0 aliphatic rings. The molecule has 6 heteroatoms. The van der Waals surface area contributed by atoms with Crippen molar-refractivity contribution in [3.05, 3.63) is 53.9 Å². The summed E-state index contributed by atoms with van der Waals surface area (Å²) in [6.45, 7) is 6.54. The molecular formula is C18H26N4O2. The van der Waals surface area contributed by atoms with E-state index in [2.05, 4.69) is 36.2 Å². The number of aromatic nitrogens is 1. The van der Waals surface area contributed by atoms with E-state index in [4.69, 9.17) is 10.6 Å². The average Bonchev–Trinajstić information content (AvgIpc) is 2.96. The third kappa shape index (κ3) is 5.40. The summed E-state index contributed by atoms with van der Waals surface area (Å²) in [5.74, 6) is 0.142. The second kappa shape index (κ2) is 7.99. The summed E-state index contributed by atoms with van der Waals surface area (Å²) in [6.07, 6.45) is 1.73. The number of nitrogens with one attached hydrogen (secondary N) is 2. The first-order valence-corrected chi connectivity index (χ1v) is 7.98. The van der Waals surface area contributed by atoms with Crippen LogP contribution < -0.4 is 11.2 Å². The number of guanidine groups is 1. The maximum absolute atomic E-state index is 10.1. The van der Waals surface area contributed by atoms with Gasteiger partial charge in [-0.25, -0.2) is 10.5 Å². The van der Waals surface area contributed by atoms with Crippen molar-refractivity contribution in [1.82, 2.24) is 10.5 Å². The molecule has 130 valence electrons. The smallest absolute Gasteiger partial charge is 0.218 e. The lowest BCUT2D eigenvalue weighted by atomic mass is 9.86. The van der Waals surface area contributed by atoms with Gasteiger partial charge in [0.2, 0.25) is 5.96 Å². The van der Waals surface area contributed by atoms with Crippen molar-refractivity contribution in [3.63, 3.8) is 0 Å². The van der Waals surface area contributed by atoms with Crippen molar-refractivity contribution in [2.24, 2.45) is 10.7 Å². The van der Waals surface area contributed by atoms with Gasteiger partial charge in [-0.2, -0.15) is 0 Å². The number of aliphatic imine (C=N–C) groups is 1. The largest absolute Gasteiger partial charge is 0.390 e.